The van der Waals surface area contributed by atoms with Gasteiger partial charge in [0.15, 0.2) is 0 Å². The first kappa shape index (κ1) is 7.94. The number of hydrogen-bond acceptors (Lipinski definition) is 2. The molecule has 0 heterocycles. The van der Waals surface area contributed by atoms with Crippen LogP contribution in [0.4, 0.5) is 0 Å². The molecule has 0 spiro atoms. The quantitative estimate of drug-likeness (QED) is 0.536. The van der Waals surface area contributed by atoms with E-state index in [1.165, 1.54) is 13.3 Å². The topological polar surface area (TPSA) is 66.4 Å². The Bertz CT molecular complexity index is 121. The van der Waals surface area contributed by atoms with Gasteiger partial charge in [-0.15, -0.1) is 0 Å². The van der Waals surface area contributed by atoms with Crippen LogP contribution in [-0.2, 0) is 9.59 Å². The lowest BCUT2D eigenvalue weighted by Gasteiger charge is -1.95. The molecule has 0 aromatic heterocycles. The second-order valence-corrected chi connectivity index (χ2v) is 1.40. The average molecular weight is 130 g/mol. The molecular formula is C5H8NO3. The van der Waals surface area contributed by atoms with Crippen molar-refractivity contribution in [1.82, 2.24) is 5.32 Å². The zero-order valence-corrected chi connectivity index (χ0v) is 5.05. The van der Waals surface area contributed by atoms with Crippen LogP contribution in [0.15, 0.2) is 0 Å². The van der Waals surface area contributed by atoms with Crippen molar-refractivity contribution in [2.45, 2.75) is 6.92 Å². The standard InChI is InChI=1S/C5H8NO3/c1-2-4(7)6-3-5(8)9/h2H,3H2,1H3,(H,6,7)(H,8,9). The molecule has 0 aromatic carbocycles. The fourth-order valence-corrected chi connectivity index (χ4v) is 0.265. The fourth-order valence-electron chi connectivity index (χ4n) is 0.265. The van der Waals surface area contributed by atoms with Gasteiger partial charge in [0.2, 0.25) is 5.91 Å². The zero-order chi connectivity index (χ0) is 7.28. The van der Waals surface area contributed by atoms with Gasteiger partial charge in [0.1, 0.15) is 6.54 Å². The van der Waals surface area contributed by atoms with Crippen LogP contribution in [0.5, 0.6) is 0 Å². The number of hydrogen-bond donors (Lipinski definition) is 2. The highest BCUT2D eigenvalue weighted by Crippen LogP contribution is 1.70. The lowest BCUT2D eigenvalue weighted by molar-refractivity contribution is -0.137. The minimum absolute atomic E-state index is 0.316. The summed E-state index contributed by atoms with van der Waals surface area (Å²) in [5.41, 5.74) is 0. The normalized spacial score (nSPS) is 8.56. The first-order valence-electron chi connectivity index (χ1n) is 2.45. The van der Waals surface area contributed by atoms with Gasteiger partial charge in [0.25, 0.3) is 0 Å². The van der Waals surface area contributed by atoms with Crippen LogP contribution in [-0.4, -0.2) is 23.5 Å². The Labute approximate surface area is 52.9 Å². The van der Waals surface area contributed by atoms with Crippen molar-refractivity contribution in [3.8, 4) is 0 Å². The molecule has 2 N–H and O–H groups in total. The zero-order valence-electron chi connectivity index (χ0n) is 5.05. The highest BCUT2D eigenvalue weighted by Gasteiger charge is 1.98. The maximum Gasteiger partial charge on any atom is 0.322 e. The number of nitrogens with one attached hydrogen (secondary N) is 1. The molecule has 0 aliphatic rings. The largest absolute Gasteiger partial charge is 0.480 e. The van der Waals surface area contributed by atoms with Gasteiger partial charge in [0.05, 0.1) is 0 Å². The van der Waals surface area contributed by atoms with E-state index < -0.39 is 5.97 Å². The number of aliphatic carboxylic acids is 1. The molecule has 1 amide bonds. The van der Waals surface area contributed by atoms with E-state index in [1.54, 1.807) is 0 Å². The van der Waals surface area contributed by atoms with Crippen LogP contribution in [0.25, 0.3) is 0 Å². The van der Waals surface area contributed by atoms with E-state index >= 15 is 0 Å². The molecule has 0 saturated heterocycles. The van der Waals surface area contributed by atoms with Crippen molar-refractivity contribution in [3.05, 3.63) is 6.42 Å². The Balaban J connectivity index is 3.28. The monoisotopic (exact) mass is 130 g/mol. The van der Waals surface area contributed by atoms with E-state index in [-0.39, 0.29) is 12.5 Å². The Kier molecular flexibility index (Phi) is 3.43. The number of carbonyl (C=O) groups excluding carboxylic acids is 1. The summed E-state index contributed by atoms with van der Waals surface area (Å²) in [6, 6.07) is 0. The molecule has 4 nitrogen and oxygen atoms in total. The Morgan fingerprint density at radius 2 is 2.22 bits per heavy atom. The summed E-state index contributed by atoms with van der Waals surface area (Å²) in [6.07, 6.45) is 1.27. The summed E-state index contributed by atoms with van der Waals surface area (Å²) in [7, 11) is 0. The Morgan fingerprint density at radius 1 is 1.67 bits per heavy atom. The summed E-state index contributed by atoms with van der Waals surface area (Å²) in [6.45, 7) is 1.22. The van der Waals surface area contributed by atoms with Gasteiger partial charge < -0.3 is 10.4 Å². The van der Waals surface area contributed by atoms with Crippen molar-refractivity contribution in [2.75, 3.05) is 6.54 Å². The van der Waals surface area contributed by atoms with Crippen LogP contribution >= 0.6 is 0 Å². The lowest BCUT2D eigenvalue weighted by atomic mass is 10.4. The number of amides is 1. The molecule has 0 bridgehead atoms. The van der Waals surface area contributed by atoms with Gasteiger partial charge in [-0.3, -0.25) is 9.59 Å². The number of carboxylic acids is 1. The molecule has 0 aliphatic carbocycles. The van der Waals surface area contributed by atoms with Gasteiger partial charge in [-0.25, -0.2) is 0 Å². The molecule has 0 fully saturated rings. The second-order valence-electron chi connectivity index (χ2n) is 1.40. The highest BCUT2D eigenvalue weighted by molar-refractivity contribution is 5.86. The Hall–Kier alpha value is -1.06. The van der Waals surface area contributed by atoms with Crippen LogP contribution in [0.2, 0.25) is 0 Å². The highest BCUT2D eigenvalue weighted by atomic mass is 16.4. The molecule has 1 radical (unpaired) electrons. The molecule has 0 unspecified atom stereocenters. The lowest BCUT2D eigenvalue weighted by Crippen LogP contribution is -2.28. The van der Waals surface area contributed by atoms with E-state index in [0.717, 1.165) is 0 Å². The molecule has 0 saturated carbocycles. The van der Waals surface area contributed by atoms with Crippen molar-refractivity contribution in [2.24, 2.45) is 0 Å². The number of carboxylic acid groups (broad SMARTS) is 1. The molecule has 0 atom stereocenters. The summed E-state index contributed by atoms with van der Waals surface area (Å²) in [4.78, 5) is 20.1. The van der Waals surface area contributed by atoms with Gasteiger partial charge in [-0.2, -0.15) is 0 Å². The minimum atomic E-state index is -1.04. The molecule has 9 heavy (non-hydrogen) atoms. The van der Waals surface area contributed by atoms with Crippen LogP contribution in [0.3, 0.4) is 0 Å². The van der Waals surface area contributed by atoms with Crippen molar-refractivity contribution >= 4 is 11.9 Å². The third-order valence-electron chi connectivity index (χ3n) is 0.676. The van der Waals surface area contributed by atoms with Gasteiger partial charge in [0, 0.05) is 6.42 Å². The fraction of sp³-hybridized carbons (Fsp3) is 0.400. The van der Waals surface area contributed by atoms with Gasteiger partial charge >= 0.3 is 5.97 Å². The minimum Gasteiger partial charge on any atom is -0.480 e. The first-order chi connectivity index (χ1) is 4.16. The van der Waals surface area contributed by atoms with Crippen LogP contribution < -0.4 is 5.32 Å². The summed E-state index contributed by atoms with van der Waals surface area (Å²) >= 11 is 0. The third-order valence-corrected chi connectivity index (χ3v) is 0.676. The average Bonchev–Trinajstić information content (AvgIpc) is 1.83. The SMILES string of the molecule is C[CH]C(=O)NCC(=O)O. The smallest absolute Gasteiger partial charge is 0.322 e. The first-order valence-corrected chi connectivity index (χ1v) is 2.45. The number of carbonyl (C=O) groups is 2. The molecular weight excluding hydrogens is 122 g/mol. The summed E-state index contributed by atoms with van der Waals surface area (Å²) < 4.78 is 0. The number of rotatable bonds is 3. The van der Waals surface area contributed by atoms with Crippen molar-refractivity contribution < 1.29 is 14.7 Å². The van der Waals surface area contributed by atoms with E-state index in [9.17, 15) is 9.59 Å². The van der Waals surface area contributed by atoms with Crippen LogP contribution in [0.1, 0.15) is 6.92 Å². The molecule has 0 aliphatic heterocycles. The Morgan fingerprint density at radius 3 is 2.56 bits per heavy atom. The van der Waals surface area contributed by atoms with Gasteiger partial charge in [-0.05, 0) is 0 Å². The molecule has 0 aromatic rings. The van der Waals surface area contributed by atoms with Crippen molar-refractivity contribution in [3.63, 3.8) is 0 Å². The van der Waals surface area contributed by atoms with Crippen LogP contribution in [0, 0.1) is 6.42 Å². The maximum atomic E-state index is 10.3. The predicted molar refractivity (Wildman–Crippen MR) is 30.6 cm³/mol. The van der Waals surface area contributed by atoms with E-state index in [2.05, 4.69) is 5.32 Å². The van der Waals surface area contributed by atoms with E-state index in [1.807, 2.05) is 0 Å². The molecule has 4 heteroatoms. The molecule has 0 rings (SSSR count). The summed E-state index contributed by atoms with van der Waals surface area (Å²) in [5, 5.41) is 10.2. The predicted octanol–water partition coefficient (Wildman–Crippen LogP) is -0.589. The summed E-state index contributed by atoms with van der Waals surface area (Å²) in [5.74, 6) is -1.40. The second kappa shape index (κ2) is 3.88. The van der Waals surface area contributed by atoms with E-state index in [0.29, 0.717) is 0 Å². The van der Waals surface area contributed by atoms with Crippen molar-refractivity contribution in [1.29, 1.82) is 0 Å². The van der Waals surface area contributed by atoms with Gasteiger partial charge in [-0.1, -0.05) is 6.92 Å². The van der Waals surface area contributed by atoms with E-state index in [4.69, 9.17) is 5.11 Å². The third kappa shape index (κ3) is 4.80. The maximum absolute atomic E-state index is 10.3. The molecule has 51 valence electrons.